The minimum absolute atomic E-state index is 0.252. The summed E-state index contributed by atoms with van der Waals surface area (Å²) in [4.78, 5) is 0. The maximum Gasteiger partial charge on any atom is 0.138 e. The highest BCUT2D eigenvalue weighted by atomic mass is 79.9. The third kappa shape index (κ3) is 4.40. The molecule has 0 aliphatic heterocycles. The zero-order chi connectivity index (χ0) is 13.7. The summed E-state index contributed by atoms with van der Waals surface area (Å²) < 4.78 is 24.7. The lowest BCUT2D eigenvalue weighted by atomic mass is 10.3. The summed E-state index contributed by atoms with van der Waals surface area (Å²) in [6.45, 7) is 0.710. The van der Waals surface area contributed by atoms with Gasteiger partial charge in [-0.05, 0) is 36.4 Å². The lowest BCUT2D eigenvalue weighted by Crippen LogP contribution is -2.09. The molecule has 0 radical (unpaired) electrons. The SMILES string of the molecule is Fc1ccc(OCCOc2cccc(Br)c2)c(Cl)c1. The van der Waals surface area contributed by atoms with Crippen molar-refractivity contribution in [3.8, 4) is 11.5 Å². The normalized spacial score (nSPS) is 10.3. The van der Waals surface area contributed by atoms with Crippen LogP contribution in [0.2, 0.25) is 5.02 Å². The monoisotopic (exact) mass is 344 g/mol. The van der Waals surface area contributed by atoms with Crippen LogP contribution >= 0.6 is 27.5 Å². The largest absolute Gasteiger partial charge is 0.490 e. The second-order valence-corrected chi connectivity index (χ2v) is 5.05. The molecule has 0 N–H and O–H groups in total. The van der Waals surface area contributed by atoms with E-state index < -0.39 is 0 Å². The number of halogens is 3. The first-order valence-electron chi connectivity index (χ1n) is 5.61. The summed E-state index contributed by atoms with van der Waals surface area (Å²) in [5, 5.41) is 0.252. The van der Waals surface area contributed by atoms with Crippen LogP contribution < -0.4 is 9.47 Å². The molecule has 0 spiro atoms. The smallest absolute Gasteiger partial charge is 0.138 e. The molecule has 0 heterocycles. The zero-order valence-electron chi connectivity index (χ0n) is 9.91. The average molecular weight is 346 g/mol. The van der Waals surface area contributed by atoms with Crippen LogP contribution in [-0.4, -0.2) is 13.2 Å². The van der Waals surface area contributed by atoms with Crippen molar-refractivity contribution in [2.75, 3.05) is 13.2 Å². The van der Waals surface area contributed by atoms with E-state index in [9.17, 15) is 4.39 Å². The maximum absolute atomic E-state index is 12.8. The third-order valence-corrected chi connectivity index (χ3v) is 3.09. The van der Waals surface area contributed by atoms with Crippen LogP contribution in [0.1, 0.15) is 0 Å². The van der Waals surface area contributed by atoms with Crippen LogP contribution in [-0.2, 0) is 0 Å². The predicted molar refractivity (Wildman–Crippen MR) is 76.5 cm³/mol. The summed E-state index contributed by atoms with van der Waals surface area (Å²) in [5.41, 5.74) is 0. The molecule has 0 amide bonds. The van der Waals surface area contributed by atoms with E-state index in [0.29, 0.717) is 19.0 Å². The Balaban J connectivity index is 1.81. The number of hydrogen-bond acceptors (Lipinski definition) is 2. The molecule has 0 unspecified atom stereocenters. The van der Waals surface area contributed by atoms with Gasteiger partial charge in [0, 0.05) is 4.47 Å². The fourth-order valence-electron chi connectivity index (χ4n) is 1.46. The van der Waals surface area contributed by atoms with Crippen molar-refractivity contribution in [3.05, 3.63) is 57.8 Å². The van der Waals surface area contributed by atoms with Gasteiger partial charge in [-0.2, -0.15) is 0 Å². The Morgan fingerprint density at radius 2 is 1.84 bits per heavy atom. The molecule has 100 valence electrons. The van der Waals surface area contributed by atoms with Gasteiger partial charge in [-0.1, -0.05) is 33.6 Å². The van der Waals surface area contributed by atoms with Gasteiger partial charge in [0.2, 0.25) is 0 Å². The molecule has 0 aliphatic carbocycles. The van der Waals surface area contributed by atoms with Gasteiger partial charge in [0.1, 0.15) is 30.5 Å². The summed E-state index contributed by atoms with van der Waals surface area (Å²) in [6, 6.07) is 11.5. The van der Waals surface area contributed by atoms with E-state index >= 15 is 0 Å². The Labute approximate surface area is 124 Å². The molecule has 0 saturated heterocycles. The molecule has 2 aromatic carbocycles. The fraction of sp³-hybridized carbons (Fsp3) is 0.143. The minimum Gasteiger partial charge on any atom is -0.490 e. The topological polar surface area (TPSA) is 18.5 Å². The first-order valence-corrected chi connectivity index (χ1v) is 6.78. The zero-order valence-corrected chi connectivity index (χ0v) is 12.2. The Hall–Kier alpha value is -1.26. The van der Waals surface area contributed by atoms with E-state index in [1.165, 1.54) is 18.2 Å². The van der Waals surface area contributed by atoms with Gasteiger partial charge >= 0.3 is 0 Å². The molecule has 0 aromatic heterocycles. The van der Waals surface area contributed by atoms with Crippen LogP contribution in [0, 0.1) is 5.82 Å². The second kappa shape index (κ2) is 6.78. The van der Waals surface area contributed by atoms with E-state index in [1.807, 2.05) is 24.3 Å². The molecule has 5 heteroatoms. The molecule has 0 aliphatic rings. The molecule has 2 nitrogen and oxygen atoms in total. The molecule has 0 fully saturated rings. The number of hydrogen-bond donors (Lipinski definition) is 0. The quantitative estimate of drug-likeness (QED) is 0.731. The van der Waals surface area contributed by atoms with Gasteiger partial charge in [-0.3, -0.25) is 0 Å². The number of ether oxygens (including phenoxy) is 2. The molecule has 2 aromatic rings. The Morgan fingerprint density at radius 3 is 2.58 bits per heavy atom. The highest BCUT2D eigenvalue weighted by Crippen LogP contribution is 2.24. The molecular formula is C14H11BrClFO2. The summed E-state index contributed by atoms with van der Waals surface area (Å²) in [5.74, 6) is 0.812. The first kappa shape index (κ1) is 14.2. The molecule has 2 rings (SSSR count). The van der Waals surface area contributed by atoms with Crippen molar-refractivity contribution < 1.29 is 13.9 Å². The van der Waals surface area contributed by atoms with Crippen LogP contribution in [0.3, 0.4) is 0 Å². The fourth-order valence-corrected chi connectivity index (χ4v) is 2.06. The Kier molecular flexibility index (Phi) is 5.05. The van der Waals surface area contributed by atoms with E-state index in [0.717, 1.165) is 10.2 Å². The van der Waals surface area contributed by atoms with Crippen molar-refractivity contribution in [2.45, 2.75) is 0 Å². The average Bonchev–Trinajstić information content (AvgIpc) is 2.37. The van der Waals surface area contributed by atoms with Crippen molar-refractivity contribution >= 4 is 27.5 Å². The van der Waals surface area contributed by atoms with Crippen LogP contribution in [0.5, 0.6) is 11.5 Å². The first-order chi connectivity index (χ1) is 9.15. The summed E-state index contributed by atoms with van der Waals surface area (Å²) in [7, 11) is 0. The van der Waals surface area contributed by atoms with Gasteiger partial charge in [0.15, 0.2) is 0 Å². The molecule has 0 atom stereocenters. The third-order valence-electron chi connectivity index (χ3n) is 2.30. The molecule has 0 saturated carbocycles. The Bertz CT molecular complexity index is 563. The molecular weight excluding hydrogens is 335 g/mol. The van der Waals surface area contributed by atoms with Gasteiger partial charge in [-0.25, -0.2) is 4.39 Å². The number of rotatable bonds is 5. The van der Waals surface area contributed by atoms with Gasteiger partial charge in [-0.15, -0.1) is 0 Å². The Morgan fingerprint density at radius 1 is 1.05 bits per heavy atom. The minimum atomic E-state index is -0.386. The highest BCUT2D eigenvalue weighted by molar-refractivity contribution is 9.10. The van der Waals surface area contributed by atoms with Gasteiger partial charge in [0.25, 0.3) is 0 Å². The summed E-state index contributed by atoms with van der Waals surface area (Å²) in [6.07, 6.45) is 0. The van der Waals surface area contributed by atoms with Crippen molar-refractivity contribution in [3.63, 3.8) is 0 Å². The van der Waals surface area contributed by atoms with Crippen LogP contribution in [0.25, 0.3) is 0 Å². The summed E-state index contributed by atoms with van der Waals surface area (Å²) >= 11 is 9.19. The molecule has 0 bridgehead atoms. The van der Waals surface area contributed by atoms with Crippen molar-refractivity contribution in [1.82, 2.24) is 0 Å². The second-order valence-electron chi connectivity index (χ2n) is 3.73. The standard InChI is InChI=1S/C14H11BrClFO2/c15-10-2-1-3-12(8-10)18-6-7-19-14-5-4-11(17)9-13(14)16/h1-5,8-9H,6-7H2. The van der Waals surface area contributed by atoms with Gasteiger partial charge < -0.3 is 9.47 Å². The van der Waals surface area contributed by atoms with Crippen LogP contribution in [0.15, 0.2) is 46.9 Å². The van der Waals surface area contributed by atoms with Crippen LogP contribution in [0.4, 0.5) is 4.39 Å². The van der Waals surface area contributed by atoms with E-state index in [-0.39, 0.29) is 10.8 Å². The number of benzene rings is 2. The van der Waals surface area contributed by atoms with Crippen molar-refractivity contribution in [2.24, 2.45) is 0 Å². The highest BCUT2D eigenvalue weighted by Gasteiger charge is 2.03. The predicted octanol–water partition coefficient (Wildman–Crippen LogP) is 4.70. The van der Waals surface area contributed by atoms with E-state index in [4.69, 9.17) is 21.1 Å². The van der Waals surface area contributed by atoms with Gasteiger partial charge in [0.05, 0.1) is 5.02 Å². The van der Waals surface area contributed by atoms with E-state index in [1.54, 1.807) is 0 Å². The lowest BCUT2D eigenvalue weighted by molar-refractivity contribution is 0.217. The van der Waals surface area contributed by atoms with E-state index in [2.05, 4.69) is 15.9 Å². The molecule has 19 heavy (non-hydrogen) atoms. The maximum atomic E-state index is 12.8. The van der Waals surface area contributed by atoms with Crippen molar-refractivity contribution in [1.29, 1.82) is 0 Å². The lowest BCUT2D eigenvalue weighted by Gasteiger charge is -2.09.